The molecular weight excluding hydrogens is 190 g/mol. The fourth-order valence-electron chi connectivity index (χ4n) is 1.61. The van der Waals surface area contributed by atoms with Crippen LogP contribution in [0.5, 0.6) is 0 Å². The Bertz CT molecular complexity index is 296. The van der Waals surface area contributed by atoms with Crippen LogP contribution in [0.4, 0.5) is 0 Å². The van der Waals surface area contributed by atoms with Gasteiger partial charge in [-0.2, -0.15) is 5.10 Å². The topological polar surface area (TPSA) is 41.3 Å². The molecule has 1 aromatic heterocycles. The lowest BCUT2D eigenvalue weighted by Crippen LogP contribution is -2.27. The highest BCUT2D eigenvalue weighted by Crippen LogP contribution is 2.07. The third-order valence-corrected chi connectivity index (χ3v) is 2.64. The van der Waals surface area contributed by atoms with Crippen molar-refractivity contribution in [2.24, 2.45) is 7.05 Å². The average molecular weight is 211 g/mol. The molecule has 1 N–H and O–H groups in total. The first kappa shape index (κ1) is 12.2. The van der Waals surface area contributed by atoms with E-state index >= 15 is 0 Å². The third kappa shape index (κ3) is 3.32. The molecule has 1 heterocycles. The zero-order chi connectivity index (χ0) is 11.3. The first-order chi connectivity index (χ1) is 7.21. The summed E-state index contributed by atoms with van der Waals surface area (Å²) >= 11 is 0. The number of aliphatic hydroxyl groups excluding tert-OH is 1. The monoisotopic (exact) mass is 211 g/mol. The predicted molar refractivity (Wildman–Crippen MR) is 60.6 cm³/mol. The van der Waals surface area contributed by atoms with Crippen molar-refractivity contribution in [1.82, 2.24) is 14.7 Å². The highest BCUT2D eigenvalue weighted by atomic mass is 16.3. The van der Waals surface area contributed by atoms with Crippen molar-refractivity contribution in [3.05, 3.63) is 17.5 Å². The Morgan fingerprint density at radius 3 is 2.67 bits per heavy atom. The second-order valence-corrected chi connectivity index (χ2v) is 3.70. The van der Waals surface area contributed by atoms with E-state index in [1.807, 2.05) is 11.7 Å². The maximum absolute atomic E-state index is 8.90. The van der Waals surface area contributed by atoms with Gasteiger partial charge < -0.3 is 5.11 Å². The first-order valence-electron chi connectivity index (χ1n) is 5.56. The summed E-state index contributed by atoms with van der Waals surface area (Å²) in [6, 6.07) is 2.14. The molecular formula is C11H21N3O. The van der Waals surface area contributed by atoms with E-state index in [4.69, 9.17) is 5.11 Å². The zero-order valence-electron chi connectivity index (χ0n) is 9.90. The highest BCUT2D eigenvalue weighted by Gasteiger charge is 2.08. The van der Waals surface area contributed by atoms with Crippen molar-refractivity contribution >= 4 is 0 Å². The zero-order valence-corrected chi connectivity index (χ0v) is 9.90. The van der Waals surface area contributed by atoms with Gasteiger partial charge in [0, 0.05) is 20.1 Å². The SMILES string of the molecule is CCc1cc(CN(CC)CCO)n(C)n1. The summed E-state index contributed by atoms with van der Waals surface area (Å²) in [6.07, 6.45) is 0.972. The van der Waals surface area contributed by atoms with Crippen LogP contribution in [0.25, 0.3) is 0 Å². The first-order valence-corrected chi connectivity index (χ1v) is 5.56. The second-order valence-electron chi connectivity index (χ2n) is 3.70. The fourth-order valence-corrected chi connectivity index (χ4v) is 1.61. The standard InChI is InChI=1S/C11H21N3O/c1-4-10-8-11(13(3)12-10)9-14(5-2)6-7-15/h8,15H,4-7,9H2,1-3H3. The molecule has 0 radical (unpaired) electrons. The lowest BCUT2D eigenvalue weighted by atomic mass is 10.3. The molecule has 0 fully saturated rings. The maximum atomic E-state index is 8.90. The van der Waals surface area contributed by atoms with Gasteiger partial charge in [0.25, 0.3) is 0 Å². The van der Waals surface area contributed by atoms with Crippen molar-refractivity contribution in [2.45, 2.75) is 26.8 Å². The van der Waals surface area contributed by atoms with Crippen LogP contribution in [0.3, 0.4) is 0 Å². The molecule has 1 rings (SSSR count). The van der Waals surface area contributed by atoms with Gasteiger partial charge in [-0.1, -0.05) is 13.8 Å². The van der Waals surface area contributed by atoms with E-state index in [9.17, 15) is 0 Å². The molecule has 0 bridgehead atoms. The lowest BCUT2D eigenvalue weighted by molar-refractivity contribution is 0.194. The summed E-state index contributed by atoms with van der Waals surface area (Å²) in [6.45, 7) is 6.97. The molecule has 15 heavy (non-hydrogen) atoms. The van der Waals surface area contributed by atoms with E-state index in [0.29, 0.717) is 0 Å². The molecule has 0 spiro atoms. The van der Waals surface area contributed by atoms with Crippen LogP contribution >= 0.6 is 0 Å². The molecule has 0 atom stereocenters. The average Bonchev–Trinajstić information content (AvgIpc) is 2.59. The van der Waals surface area contributed by atoms with Crippen LogP contribution < -0.4 is 0 Å². The number of hydrogen-bond acceptors (Lipinski definition) is 3. The van der Waals surface area contributed by atoms with Crippen LogP contribution in [0, 0.1) is 0 Å². The Kier molecular flexibility index (Phi) is 4.78. The molecule has 1 aromatic rings. The normalized spacial score (nSPS) is 11.3. The number of aliphatic hydroxyl groups is 1. The van der Waals surface area contributed by atoms with Gasteiger partial charge in [0.2, 0.25) is 0 Å². The van der Waals surface area contributed by atoms with Gasteiger partial charge in [-0.25, -0.2) is 0 Å². The van der Waals surface area contributed by atoms with Crippen molar-refractivity contribution in [1.29, 1.82) is 0 Å². The summed E-state index contributed by atoms with van der Waals surface area (Å²) < 4.78 is 1.93. The van der Waals surface area contributed by atoms with Gasteiger partial charge >= 0.3 is 0 Å². The molecule has 0 aliphatic rings. The minimum absolute atomic E-state index is 0.215. The number of hydrogen-bond donors (Lipinski definition) is 1. The third-order valence-electron chi connectivity index (χ3n) is 2.64. The van der Waals surface area contributed by atoms with Crippen molar-refractivity contribution < 1.29 is 5.11 Å². The van der Waals surface area contributed by atoms with E-state index in [0.717, 1.165) is 31.7 Å². The Morgan fingerprint density at radius 2 is 2.20 bits per heavy atom. The summed E-state index contributed by atoms with van der Waals surface area (Å²) in [4.78, 5) is 2.20. The van der Waals surface area contributed by atoms with Crippen molar-refractivity contribution in [2.75, 3.05) is 19.7 Å². The largest absolute Gasteiger partial charge is 0.395 e. The van der Waals surface area contributed by atoms with Crippen LogP contribution in [-0.2, 0) is 20.0 Å². The quantitative estimate of drug-likeness (QED) is 0.756. The smallest absolute Gasteiger partial charge is 0.0625 e. The predicted octanol–water partition coefficient (Wildman–Crippen LogP) is 0.797. The Balaban J connectivity index is 2.65. The van der Waals surface area contributed by atoms with E-state index < -0.39 is 0 Å². The lowest BCUT2D eigenvalue weighted by Gasteiger charge is -2.18. The highest BCUT2D eigenvalue weighted by molar-refractivity contribution is 5.10. The summed E-state index contributed by atoms with van der Waals surface area (Å²) in [5.41, 5.74) is 2.34. The summed E-state index contributed by atoms with van der Waals surface area (Å²) in [5, 5.41) is 13.3. The van der Waals surface area contributed by atoms with Gasteiger partial charge in [0.05, 0.1) is 18.0 Å². The van der Waals surface area contributed by atoms with Gasteiger partial charge in [-0.05, 0) is 19.0 Å². The molecule has 86 valence electrons. The minimum atomic E-state index is 0.215. The van der Waals surface area contributed by atoms with E-state index in [-0.39, 0.29) is 6.61 Å². The maximum Gasteiger partial charge on any atom is 0.0625 e. The molecule has 0 aliphatic carbocycles. The molecule has 0 saturated carbocycles. The van der Waals surface area contributed by atoms with E-state index in [2.05, 4.69) is 29.9 Å². The van der Waals surface area contributed by atoms with Gasteiger partial charge in [-0.15, -0.1) is 0 Å². The van der Waals surface area contributed by atoms with Crippen LogP contribution in [0.15, 0.2) is 6.07 Å². The van der Waals surface area contributed by atoms with Crippen LogP contribution in [-0.4, -0.2) is 39.5 Å². The summed E-state index contributed by atoms with van der Waals surface area (Å²) in [7, 11) is 1.97. The van der Waals surface area contributed by atoms with Crippen molar-refractivity contribution in [3.8, 4) is 0 Å². The number of aryl methyl sites for hydroxylation is 2. The minimum Gasteiger partial charge on any atom is -0.395 e. The molecule has 4 nitrogen and oxygen atoms in total. The van der Waals surface area contributed by atoms with Gasteiger partial charge in [0.15, 0.2) is 0 Å². The molecule has 4 heteroatoms. The van der Waals surface area contributed by atoms with E-state index in [1.54, 1.807) is 0 Å². The molecule has 0 aliphatic heterocycles. The molecule has 0 amide bonds. The van der Waals surface area contributed by atoms with Crippen LogP contribution in [0.1, 0.15) is 25.2 Å². The van der Waals surface area contributed by atoms with E-state index in [1.165, 1.54) is 5.69 Å². The van der Waals surface area contributed by atoms with Crippen molar-refractivity contribution in [3.63, 3.8) is 0 Å². The Morgan fingerprint density at radius 1 is 1.47 bits per heavy atom. The summed E-state index contributed by atoms with van der Waals surface area (Å²) in [5.74, 6) is 0. The molecule has 0 aromatic carbocycles. The van der Waals surface area contributed by atoms with Gasteiger partial charge in [0.1, 0.15) is 0 Å². The second kappa shape index (κ2) is 5.88. The molecule has 0 unspecified atom stereocenters. The van der Waals surface area contributed by atoms with Crippen LogP contribution in [0.2, 0.25) is 0 Å². The number of rotatable bonds is 6. The number of likely N-dealkylation sites (N-methyl/N-ethyl adjacent to an activating group) is 1. The number of nitrogens with zero attached hydrogens (tertiary/aromatic N) is 3. The Hall–Kier alpha value is -0.870. The fraction of sp³-hybridized carbons (Fsp3) is 0.727. The Labute approximate surface area is 91.5 Å². The molecule has 0 saturated heterocycles. The van der Waals surface area contributed by atoms with Gasteiger partial charge in [-0.3, -0.25) is 9.58 Å². The number of aromatic nitrogens is 2.